The smallest absolute Gasteiger partial charge is 0.325 e. The van der Waals surface area contributed by atoms with Crippen molar-refractivity contribution >= 4 is 11.9 Å². The minimum Gasteiger partial charge on any atom is -0.480 e. The summed E-state index contributed by atoms with van der Waals surface area (Å²) in [7, 11) is 0. The molecule has 1 unspecified atom stereocenters. The summed E-state index contributed by atoms with van der Waals surface area (Å²) in [6.07, 6.45) is 5.34. The van der Waals surface area contributed by atoms with Gasteiger partial charge in [-0.2, -0.15) is 0 Å². The summed E-state index contributed by atoms with van der Waals surface area (Å²) in [6.45, 7) is 4.33. The summed E-state index contributed by atoms with van der Waals surface area (Å²) in [5.74, 6) is -1.17. The molecule has 1 saturated heterocycles. The Balaban J connectivity index is 2.20. The third-order valence-corrected chi connectivity index (χ3v) is 3.10. The Hall–Kier alpha value is -1.10. The van der Waals surface area contributed by atoms with E-state index in [1.807, 2.05) is 0 Å². The Bertz CT molecular complexity index is 260. The Morgan fingerprint density at radius 1 is 1.24 bits per heavy atom. The van der Waals surface area contributed by atoms with Crippen molar-refractivity contribution in [1.29, 1.82) is 0 Å². The van der Waals surface area contributed by atoms with Crippen LogP contribution in [-0.2, 0) is 9.59 Å². The first-order valence-corrected chi connectivity index (χ1v) is 6.34. The number of aliphatic carboxylic acids is 1. The van der Waals surface area contributed by atoms with Crippen molar-refractivity contribution in [1.82, 2.24) is 10.2 Å². The number of carboxylic acids is 1. The molecule has 5 heteroatoms. The van der Waals surface area contributed by atoms with Crippen molar-refractivity contribution in [3.05, 3.63) is 0 Å². The minimum atomic E-state index is -0.992. The van der Waals surface area contributed by atoms with Crippen LogP contribution in [-0.4, -0.2) is 47.6 Å². The molecule has 2 N–H and O–H groups in total. The van der Waals surface area contributed by atoms with E-state index < -0.39 is 12.0 Å². The second-order valence-electron chi connectivity index (χ2n) is 4.63. The molecule has 0 bridgehead atoms. The van der Waals surface area contributed by atoms with Gasteiger partial charge in [0.05, 0.1) is 0 Å². The second kappa shape index (κ2) is 7.27. The van der Waals surface area contributed by atoms with E-state index in [9.17, 15) is 9.59 Å². The van der Waals surface area contributed by atoms with Crippen molar-refractivity contribution in [2.24, 2.45) is 0 Å². The van der Waals surface area contributed by atoms with E-state index in [4.69, 9.17) is 5.11 Å². The number of nitrogens with one attached hydrogen (secondary N) is 1. The van der Waals surface area contributed by atoms with Gasteiger partial charge in [-0.15, -0.1) is 0 Å². The van der Waals surface area contributed by atoms with Crippen LogP contribution >= 0.6 is 0 Å². The molecule has 0 aromatic carbocycles. The fourth-order valence-corrected chi connectivity index (χ4v) is 1.99. The van der Waals surface area contributed by atoms with Gasteiger partial charge in [0, 0.05) is 13.0 Å². The van der Waals surface area contributed by atoms with E-state index >= 15 is 0 Å². The zero-order valence-corrected chi connectivity index (χ0v) is 10.4. The predicted molar refractivity (Wildman–Crippen MR) is 64.8 cm³/mol. The van der Waals surface area contributed by atoms with Crippen LogP contribution in [0.15, 0.2) is 0 Å². The molecular weight excluding hydrogens is 220 g/mol. The number of carbonyl (C=O) groups is 2. The van der Waals surface area contributed by atoms with E-state index in [0.29, 0.717) is 6.42 Å². The highest BCUT2D eigenvalue weighted by Gasteiger charge is 2.15. The second-order valence-corrected chi connectivity index (χ2v) is 4.63. The number of carboxylic acid groups (broad SMARTS) is 1. The van der Waals surface area contributed by atoms with Crippen molar-refractivity contribution in [3.63, 3.8) is 0 Å². The molecule has 0 radical (unpaired) electrons. The number of carbonyl (C=O) groups excluding carboxylic acids is 1. The monoisotopic (exact) mass is 242 g/mol. The van der Waals surface area contributed by atoms with Gasteiger partial charge in [0.1, 0.15) is 6.04 Å². The SMILES string of the molecule is CC(NC(=O)CCN1CCCCCC1)C(=O)O. The summed E-state index contributed by atoms with van der Waals surface area (Å²) >= 11 is 0. The van der Waals surface area contributed by atoms with Gasteiger partial charge in [0.15, 0.2) is 0 Å². The molecule has 1 aliphatic heterocycles. The van der Waals surface area contributed by atoms with Crippen molar-refractivity contribution < 1.29 is 14.7 Å². The highest BCUT2D eigenvalue weighted by atomic mass is 16.4. The fourth-order valence-electron chi connectivity index (χ4n) is 1.99. The lowest BCUT2D eigenvalue weighted by Crippen LogP contribution is -2.40. The molecule has 1 aliphatic rings. The van der Waals surface area contributed by atoms with Crippen LogP contribution in [0.1, 0.15) is 39.0 Å². The van der Waals surface area contributed by atoms with Crippen LogP contribution in [0.25, 0.3) is 0 Å². The van der Waals surface area contributed by atoms with Crippen LogP contribution in [0.4, 0.5) is 0 Å². The number of likely N-dealkylation sites (tertiary alicyclic amines) is 1. The van der Waals surface area contributed by atoms with Crippen LogP contribution in [0, 0.1) is 0 Å². The van der Waals surface area contributed by atoms with E-state index in [1.165, 1.54) is 32.6 Å². The van der Waals surface area contributed by atoms with Gasteiger partial charge < -0.3 is 15.3 Å². The first kappa shape index (κ1) is 14.0. The first-order chi connectivity index (χ1) is 8.09. The Morgan fingerprint density at radius 3 is 2.35 bits per heavy atom. The third kappa shape index (κ3) is 5.68. The summed E-state index contributed by atoms with van der Waals surface area (Å²) in [4.78, 5) is 24.3. The van der Waals surface area contributed by atoms with Crippen LogP contribution in [0.3, 0.4) is 0 Å². The van der Waals surface area contributed by atoms with Crippen LogP contribution in [0.2, 0.25) is 0 Å². The van der Waals surface area contributed by atoms with E-state index in [1.54, 1.807) is 0 Å². The maximum atomic E-state index is 11.5. The molecule has 1 rings (SSSR count). The van der Waals surface area contributed by atoms with Gasteiger partial charge in [0.25, 0.3) is 0 Å². The van der Waals surface area contributed by atoms with Crippen molar-refractivity contribution in [2.45, 2.75) is 45.1 Å². The molecule has 0 aromatic rings. The molecule has 1 heterocycles. The number of hydrogen-bond donors (Lipinski definition) is 2. The van der Waals surface area contributed by atoms with Gasteiger partial charge in [-0.25, -0.2) is 0 Å². The van der Waals surface area contributed by atoms with Gasteiger partial charge in [-0.1, -0.05) is 12.8 Å². The molecule has 5 nitrogen and oxygen atoms in total. The molecule has 98 valence electrons. The van der Waals surface area contributed by atoms with Gasteiger partial charge in [0.2, 0.25) is 5.91 Å². The quantitative estimate of drug-likeness (QED) is 0.749. The van der Waals surface area contributed by atoms with Crippen LogP contribution in [0.5, 0.6) is 0 Å². The summed E-state index contributed by atoms with van der Waals surface area (Å²) in [5.41, 5.74) is 0. The molecule has 0 spiro atoms. The molecule has 17 heavy (non-hydrogen) atoms. The van der Waals surface area contributed by atoms with Crippen LogP contribution < -0.4 is 5.32 Å². The Morgan fingerprint density at radius 2 is 1.82 bits per heavy atom. The first-order valence-electron chi connectivity index (χ1n) is 6.34. The zero-order valence-electron chi connectivity index (χ0n) is 10.4. The molecule has 0 aromatic heterocycles. The lowest BCUT2D eigenvalue weighted by atomic mass is 10.2. The van der Waals surface area contributed by atoms with E-state index in [2.05, 4.69) is 10.2 Å². The minimum absolute atomic E-state index is 0.177. The molecule has 0 aliphatic carbocycles. The number of amides is 1. The van der Waals surface area contributed by atoms with Crippen molar-refractivity contribution in [3.8, 4) is 0 Å². The molecule has 1 amide bonds. The summed E-state index contributed by atoms with van der Waals surface area (Å²) in [6, 6.07) is -0.799. The fraction of sp³-hybridized carbons (Fsp3) is 0.833. The molecule has 0 saturated carbocycles. The van der Waals surface area contributed by atoms with E-state index in [0.717, 1.165) is 19.6 Å². The number of nitrogens with zero attached hydrogens (tertiary/aromatic N) is 1. The Kier molecular flexibility index (Phi) is 5.97. The third-order valence-electron chi connectivity index (χ3n) is 3.10. The molecule has 1 fully saturated rings. The maximum Gasteiger partial charge on any atom is 0.325 e. The normalized spacial score (nSPS) is 19.4. The molecular formula is C12H22N2O3. The lowest BCUT2D eigenvalue weighted by molar-refractivity contribution is -0.141. The standard InChI is InChI=1S/C12H22N2O3/c1-10(12(16)17)13-11(15)6-9-14-7-4-2-3-5-8-14/h10H,2-9H2,1H3,(H,13,15)(H,16,17). The van der Waals surface area contributed by atoms with Gasteiger partial charge in [-0.3, -0.25) is 9.59 Å². The molecule has 1 atom stereocenters. The largest absolute Gasteiger partial charge is 0.480 e. The van der Waals surface area contributed by atoms with E-state index in [-0.39, 0.29) is 5.91 Å². The zero-order chi connectivity index (χ0) is 12.7. The highest BCUT2D eigenvalue weighted by Crippen LogP contribution is 2.09. The summed E-state index contributed by atoms with van der Waals surface area (Å²) < 4.78 is 0. The lowest BCUT2D eigenvalue weighted by Gasteiger charge is -2.19. The number of hydrogen-bond acceptors (Lipinski definition) is 3. The average Bonchev–Trinajstić information content (AvgIpc) is 2.54. The van der Waals surface area contributed by atoms with Gasteiger partial charge in [-0.05, 0) is 32.9 Å². The maximum absolute atomic E-state index is 11.5. The van der Waals surface area contributed by atoms with Gasteiger partial charge >= 0.3 is 5.97 Å². The Labute approximate surface area is 102 Å². The topological polar surface area (TPSA) is 69.6 Å². The average molecular weight is 242 g/mol. The van der Waals surface area contributed by atoms with Crippen molar-refractivity contribution in [2.75, 3.05) is 19.6 Å². The summed E-state index contributed by atoms with van der Waals surface area (Å²) in [5, 5.41) is 11.1. The predicted octanol–water partition coefficient (Wildman–Crippen LogP) is 0.842. The highest BCUT2D eigenvalue weighted by molar-refractivity contribution is 5.83. The number of rotatable bonds is 5.